The number of furan rings is 1. The van der Waals surface area contributed by atoms with Crippen molar-refractivity contribution in [3.05, 3.63) is 84.1 Å². The lowest BCUT2D eigenvalue weighted by Gasteiger charge is -2.31. The number of rotatable bonds is 6. The van der Waals surface area contributed by atoms with Crippen molar-refractivity contribution in [1.82, 2.24) is 4.90 Å². The van der Waals surface area contributed by atoms with Gasteiger partial charge < -0.3 is 14.1 Å². The summed E-state index contributed by atoms with van der Waals surface area (Å²) in [4.78, 5) is 14.6. The fraction of sp³-hybridized carbons (Fsp3) is 0.261. The van der Waals surface area contributed by atoms with Gasteiger partial charge in [0.2, 0.25) is 0 Å². The summed E-state index contributed by atoms with van der Waals surface area (Å²) in [5.74, 6) is 0.706. The number of ether oxygens (including phenoxy) is 1. The summed E-state index contributed by atoms with van der Waals surface area (Å²) in [6.45, 7) is 0.730. The predicted molar refractivity (Wildman–Crippen MR) is 113 cm³/mol. The summed E-state index contributed by atoms with van der Waals surface area (Å²) in [5.41, 5.74) is 0.455. The van der Waals surface area contributed by atoms with E-state index >= 15 is 0 Å². The first-order chi connectivity index (χ1) is 14.9. The SMILES string of the molecule is O=C(c1cccc(Oc2ccc(F)cc2)c1)N1CCC(S(=O)(=O)Cc2ccco2)CC1. The Balaban J connectivity index is 1.38. The smallest absolute Gasteiger partial charge is 0.253 e. The van der Waals surface area contributed by atoms with Gasteiger partial charge in [0.05, 0.1) is 11.5 Å². The summed E-state index contributed by atoms with van der Waals surface area (Å²) in [6.07, 6.45) is 2.24. The Hall–Kier alpha value is -3.13. The van der Waals surface area contributed by atoms with Crippen LogP contribution in [0, 0.1) is 5.82 Å². The molecule has 8 heteroatoms. The van der Waals surface area contributed by atoms with Crippen molar-refractivity contribution in [1.29, 1.82) is 0 Å². The molecule has 0 bridgehead atoms. The van der Waals surface area contributed by atoms with Crippen molar-refractivity contribution >= 4 is 15.7 Å². The molecule has 1 amide bonds. The second-order valence-electron chi connectivity index (χ2n) is 7.46. The predicted octanol–water partition coefficient (Wildman–Crippen LogP) is 4.43. The maximum Gasteiger partial charge on any atom is 0.253 e. The van der Waals surface area contributed by atoms with Crippen molar-refractivity contribution in [2.45, 2.75) is 23.8 Å². The average Bonchev–Trinajstić information content (AvgIpc) is 3.27. The summed E-state index contributed by atoms with van der Waals surface area (Å²) >= 11 is 0. The van der Waals surface area contributed by atoms with E-state index < -0.39 is 15.1 Å². The summed E-state index contributed by atoms with van der Waals surface area (Å²) in [5, 5.41) is -0.491. The van der Waals surface area contributed by atoms with E-state index in [0.717, 1.165) is 0 Å². The third kappa shape index (κ3) is 5.14. The second-order valence-corrected chi connectivity index (χ2v) is 9.74. The molecule has 0 N–H and O–H groups in total. The van der Waals surface area contributed by atoms with Crippen molar-refractivity contribution in [2.75, 3.05) is 13.1 Å². The molecule has 31 heavy (non-hydrogen) atoms. The molecule has 3 aromatic rings. The standard InChI is InChI=1S/C23H22FNO5S/c24-18-6-8-19(9-7-18)30-20-4-1-3-17(15-20)23(26)25-12-10-22(11-13-25)31(27,28)16-21-5-2-14-29-21/h1-9,14-15,22H,10-13,16H2. The molecule has 0 spiro atoms. The van der Waals surface area contributed by atoms with Gasteiger partial charge in [0.1, 0.15) is 28.8 Å². The van der Waals surface area contributed by atoms with Crippen molar-refractivity contribution in [3.8, 4) is 11.5 Å². The molecule has 2 heterocycles. The Morgan fingerprint density at radius 2 is 1.77 bits per heavy atom. The maximum absolute atomic E-state index is 13.0. The number of sulfone groups is 1. The van der Waals surface area contributed by atoms with E-state index in [2.05, 4.69) is 0 Å². The molecule has 1 saturated heterocycles. The molecule has 0 saturated carbocycles. The zero-order valence-electron chi connectivity index (χ0n) is 16.7. The van der Waals surface area contributed by atoms with Gasteiger partial charge in [-0.2, -0.15) is 0 Å². The maximum atomic E-state index is 13.0. The number of halogens is 1. The van der Waals surface area contributed by atoms with Gasteiger partial charge in [-0.1, -0.05) is 6.07 Å². The van der Waals surface area contributed by atoms with Crippen LogP contribution in [-0.2, 0) is 15.6 Å². The van der Waals surface area contributed by atoms with E-state index in [1.54, 1.807) is 41.3 Å². The molecule has 0 unspecified atom stereocenters. The van der Waals surface area contributed by atoms with E-state index in [0.29, 0.717) is 48.8 Å². The molecular weight excluding hydrogens is 421 g/mol. The van der Waals surface area contributed by atoms with Gasteiger partial charge in [0.15, 0.2) is 9.84 Å². The van der Waals surface area contributed by atoms with Gasteiger partial charge in [-0.25, -0.2) is 12.8 Å². The molecule has 2 aromatic carbocycles. The first-order valence-electron chi connectivity index (χ1n) is 9.97. The lowest BCUT2D eigenvalue weighted by Crippen LogP contribution is -2.42. The summed E-state index contributed by atoms with van der Waals surface area (Å²) < 4.78 is 49.2. The number of hydrogen-bond acceptors (Lipinski definition) is 5. The van der Waals surface area contributed by atoms with E-state index in [1.807, 2.05) is 0 Å². The minimum Gasteiger partial charge on any atom is -0.468 e. The van der Waals surface area contributed by atoms with E-state index in [-0.39, 0.29) is 17.5 Å². The topological polar surface area (TPSA) is 76.8 Å². The van der Waals surface area contributed by atoms with Crippen LogP contribution in [0.1, 0.15) is 29.0 Å². The van der Waals surface area contributed by atoms with Gasteiger partial charge in [-0.15, -0.1) is 0 Å². The second kappa shape index (κ2) is 8.93. The highest BCUT2D eigenvalue weighted by Crippen LogP contribution is 2.25. The molecule has 162 valence electrons. The van der Waals surface area contributed by atoms with Crippen LogP contribution in [0.2, 0.25) is 0 Å². The Labute approximate surface area is 180 Å². The number of nitrogens with zero attached hydrogens (tertiary/aromatic N) is 1. The molecule has 1 aliphatic heterocycles. The fourth-order valence-electron chi connectivity index (χ4n) is 3.64. The third-order valence-electron chi connectivity index (χ3n) is 5.29. The van der Waals surface area contributed by atoms with Crippen LogP contribution in [0.4, 0.5) is 4.39 Å². The highest BCUT2D eigenvalue weighted by Gasteiger charge is 2.32. The highest BCUT2D eigenvalue weighted by atomic mass is 32.2. The Morgan fingerprint density at radius 1 is 1.03 bits per heavy atom. The summed E-state index contributed by atoms with van der Waals surface area (Å²) in [6, 6.07) is 15.7. The van der Waals surface area contributed by atoms with Crippen LogP contribution in [0.5, 0.6) is 11.5 Å². The molecular formula is C23H22FNO5S. The average molecular weight is 443 g/mol. The highest BCUT2D eigenvalue weighted by molar-refractivity contribution is 7.91. The molecule has 0 aliphatic carbocycles. The quantitative estimate of drug-likeness (QED) is 0.563. The minimum atomic E-state index is -3.34. The molecule has 0 atom stereocenters. The number of amides is 1. The van der Waals surface area contributed by atoms with Crippen LogP contribution in [0.15, 0.2) is 71.3 Å². The number of benzene rings is 2. The van der Waals surface area contributed by atoms with Gasteiger partial charge in [-0.05, 0) is 67.4 Å². The lowest BCUT2D eigenvalue weighted by atomic mass is 10.1. The van der Waals surface area contributed by atoms with Crippen molar-refractivity contribution < 1.29 is 26.8 Å². The third-order valence-corrected chi connectivity index (χ3v) is 7.46. The Morgan fingerprint density at radius 3 is 2.45 bits per heavy atom. The Kier molecular flexibility index (Phi) is 6.08. The van der Waals surface area contributed by atoms with Crippen LogP contribution in [-0.4, -0.2) is 37.6 Å². The van der Waals surface area contributed by atoms with Crippen LogP contribution >= 0.6 is 0 Å². The van der Waals surface area contributed by atoms with Crippen LogP contribution in [0.25, 0.3) is 0 Å². The fourth-order valence-corrected chi connectivity index (χ4v) is 5.37. The van der Waals surface area contributed by atoms with Gasteiger partial charge in [-0.3, -0.25) is 4.79 Å². The molecule has 0 radical (unpaired) electrons. The largest absolute Gasteiger partial charge is 0.468 e. The van der Waals surface area contributed by atoms with E-state index in [9.17, 15) is 17.6 Å². The first-order valence-corrected chi connectivity index (χ1v) is 11.7. The molecule has 1 fully saturated rings. The molecule has 1 aromatic heterocycles. The van der Waals surface area contributed by atoms with Gasteiger partial charge >= 0.3 is 0 Å². The lowest BCUT2D eigenvalue weighted by molar-refractivity contribution is 0.0725. The molecule has 6 nitrogen and oxygen atoms in total. The monoisotopic (exact) mass is 443 g/mol. The van der Waals surface area contributed by atoms with Crippen LogP contribution < -0.4 is 4.74 Å². The number of likely N-dealkylation sites (tertiary alicyclic amines) is 1. The molecule has 4 rings (SSSR count). The van der Waals surface area contributed by atoms with Crippen LogP contribution in [0.3, 0.4) is 0 Å². The number of carbonyl (C=O) groups is 1. The molecule has 1 aliphatic rings. The van der Waals surface area contributed by atoms with Gasteiger partial charge in [0, 0.05) is 18.7 Å². The van der Waals surface area contributed by atoms with Gasteiger partial charge in [0.25, 0.3) is 5.91 Å². The first kappa shape index (κ1) is 21.1. The normalized spacial score (nSPS) is 15.1. The number of carbonyl (C=O) groups excluding carboxylic acids is 1. The van der Waals surface area contributed by atoms with E-state index in [4.69, 9.17) is 9.15 Å². The zero-order valence-corrected chi connectivity index (χ0v) is 17.6. The minimum absolute atomic E-state index is 0.124. The Bertz CT molecular complexity index is 1130. The summed E-state index contributed by atoms with van der Waals surface area (Å²) in [7, 11) is -3.34. The van der Waals surface area contributed by atoms with E-state index in [1.165, 1.54) is 30.5 Å². The number of hydrogen-bond donors (Lipinski definition) is 0. The number of piperidine rings is 1. The zero-order chi connectivity index (χ0) is 21.8. The van der Waals surface area contributed by atoms with Crippen molar-refractivity contribution in [3.63, 3.8) is 0 Å². The van der Waals surface area contributed by atoms with Crippen molar-refractivity contribution in [2.24, 2.45) is 0 Å².